The molecule has 1 aromatic heterocycles. The fraction of sp³-hybridized carbons (Fsp3) is 0.231. The monoisotopic (exact) mass is 252 g/mol. The minimum atomic E-state index is -0.669. The normalized spacial score (nSPS) is 12.4. The van der Waals surface area contributed by atoms with Crippen molar-refractivity contribution in [3.8, 4) is 5.75 Å². The van der Waals surface area contributed by atoms with Gasteiger partial charge in [-0.15, -0.1) is 11.3 Å². The van der Waals surface area contributed by atoms with Crippen molar-refractivity contribution < 1.29 is 14.2 Å². The summed E-state index contributed by atoms with van der Waals surface area (Å²) in [4.78, 5) is 2.00. The fourth-order valence-electron chi connectivity index (χ4n) is 1.45. The molecule has 2 rings (SSSR count). The third-order valence-electron chi connectivity index (χ3n) is 2.29. The molecule has 0 saturated heterocycles. The summed E-state index contributed by atoms with van der Waals surface area (Å²) in [6.07, 6.45) is -0.669. The first-order valence-electron chi connectivity index (χ1n) is 5.28. The minimum Gasteiger partial charge on any atom is -0.490 e. The van der Waals surface area contributed by atoms with Crippen LogP contribution in [0, 0.1) is 12.7 Å². The molecule has 0 saturated carbocycles. The predicted molar refractivity (Wildman–Crippen MR) is 65.9 cm³/mol. The van der Waals surface area contributed by atoms with Crippen LogP contribution in [0.2, 0.25) is 0 Å². The molecule has 1 heterocycles. The Kier molecular flexibility index (Phi) is 3.76. The van der Waals surface area contributed by atoms with E-state index in [-0.39, 0.29) is 12.4 Å². The summed E-state index contributed by atoms with van der Waals surface area (Å²) in [7, 11) is 0. The van der Waals surface area contributed by atoms with E-state index < -0.39 is 6.10 Å². The Morgan fingerprint density at radius 1 is 1.35 bits per heavy atom. The lowest BCUT2D eigenvalue weighted by atomic mass is 10.3. The molecule has 0 aliphatic rings. The predicted octanol–water partition coefficient (Wildman–Crippen LogP) is 3.31. The molecule has 2 nitrogen and oxygen atoms in total. The van der Waals surface area contributed by atoms with Gasteiger partial charge in [-0.25, -0.2) is 4.39 Å². The highest BCUT2D eigenvalue weighted by molar-refractivity contribution is 7.12. The van der Waals surface area contributed by atoms with Gasteiger partial charge in [0.05, 0.1) is 0 Å². The topological polar surface area (TPSA) is 29.5 Å². The van der Waals surface area contributed by atoms with Gasteiger partial charge in [-0.1, -0.05) is 6.07 Å². The second-order valence-electron chi connectivity index (χ2n) is 3.73. The lowest BCUT2D eigenvalue weighted by Crippen LogP contribution is -2.08. The lowest BCUT2D eigenvalue weighted by Gasteiger charge is -2.10. The Bertz CT molecular complexity index is 496. The summed E-state index contributed by atoms with van der Waals surface area (Å²) in [6, 6.07) is 9.71. The van der Waals surface area contributed by atoms with Gasteiger partial charge < -0.3 is 9.84 Å². The third-order valence-corrected chi connectivity index (χ3v) is 3.40. The van der Waals surface area contributed by atoms with E-state index in [1.54, 1.807) is 12.1 Å². The Balaban J connectivity index is 1.94. The van der Waals surface area contributed by atoms with Gasteiger partial charge in [0.15, 0.2) is 0 Å². The largest absolute Gasteiger partial charge is 0.490 e. The van der Waals surface area contributed by atoms with Crippen LogP contribution in [-0.4, -0.2) is 11.7 Å². The SMILES string of the molecule is Cc1ccc(C(O)COc2cccc(F)c2)s1. The highest BCUT2D eigenvalue weighted by Gasteiger charge is 2.10. The first-order valence-corrected chi connectivity index (χ1v) is 6.09. The van der Waals surface area contributed by atoms with Crippen molar-refractivity contribution in [1.29, 1.82) is 0 Å². The van der Waals surface area contributed by atoms with Gasteiger partial charge in [-0.3, -0.25) is 0 Å². The highest BCUT2D eigenvalue weighted by Crippen LogP contribution is 2.23. The number of hydrogen-bond donors (Lipinski definition) is 1. The van der Waals surface area contributed by atoms with Crippen LogP contribution < -0.4 is 4.74 Å². The number of halogens is 1. The number of rotatable bonds is 4. The highest BCUT2D eigenvalue weighted by atomic mass is 32.1. The van der Waals surface area contributed by atoms with Crippen LogP contribution in [0.15, 0.2) is 36.4 Å². The van der Waals surface area contributed by atoms with E-state index in [0.717, 1.165) is 9.75 Å². The van der Waals surface area contributed by atoms with Gasteiger partial charge in [0.1, 0.15) is 24.3 Å². The summed E-state index contributed by atoms with van der Waals surface area (Å²) in [6.45, 7) is 2.11. The van der Waals surface area contributed by atoms with Crippen LogP contribution in [-0.2, 0) is 0 Å². The van der Waals surface area contributed by atoms with Crippen LogP contribution in [0.5, 0.6) is 5.75 Å². The number of ether oxygens (including phenoxy) is 1. The fourth-order valence-corrected chi connectivity index (χ4v) is 2.29. The third kappa shape index (κ3) is 3.28. The van der Waals surface area contributed by atoms with Crippen LogP contribution in [0.3, 0.4) is 0 Å². The van der Waals surface area contributed by atoms with Crippen LogP contribution in [0.4, 0.5) is 4.39 Å². The van der Waals surface area contributed by atoms with E-state index >= 15 is 0 Å². The summed E-state index contributed by atoms with van der Waals surface area (Å²) in [5.41, 5.74) is 0. The van der Waals surface area contributed by atoms with Crippen LogP contribution >= 0.6 is 11.3 Å². The Morgan fingerprint density at radius 2 is 2.18 bits per heavy atom. The molecular formula is C13H13FO2S. The van der Waals surface area contributed by atoms with Gasteiger partial charge in [0, 0.05) is 15.8 Å². The summed E-state index contributed by atoms with van der Waals surface area (Å²) < 4.78 is 18.2. The first-order chi connectivity index (χ1) is 8.15. The molecule has 90 valence electrons. The second kappa shape index (κ2) is 5.29. The maximum Gasteiger partial charge on any atom is 0.126 e. The zero-order chi connectivity index (χ0) is 12.3. The Hall–Kier alpha value is -1.39. The van der Waals surface area contributed by atoms with E-state index in [0.29, 0.717) is 5.75 Å². The van der Waals surface area contributed by atoms with Crippen molar-refractivity contribution in [3.63, 3.8) is 0 Å². The van der Waals surface area contributed by atoms with E-state index in [1.165, 1.54) is 23.5 Å². The molecule has 0 amide bonds. The van der Waals surface area contributed by atoms with Gasteiger partial charge in [-0.2, -0.15) is 0 Å². The number of aliphatic hydroxyl groups excluding tert-OH is 1. The maximum absolute atomic E-state index is 12.9. The van der Waals surface area contributed by atoms with E-state index in [9.17, 15) is 9.50 Å². The molecule has 0 aliphatic heterocycles. The molecule has 2 aromatic rings. The summed E-state index contributed by atoms with van der Waals surface area (Å²) >= 11 is 1.53. The van der Waals surface area contributed by atoms with Crippen molar-refractivity contribution in [1.82, 2.24) is 0 Å². The second-order valence-corrected chi connectivity index (χ2v) is 5.05. The van der Waals surface area contributed by atoms with Crippen molar-refractivity contribution in [3.05, 3.63) is 52.0 Å². The smallest absolute Gasteiger partial charge is 0.126 e. The molecule has 0 bridgehead atoms. The zero-order valence-electron chi connectivity index (χ0n) is 9.39. The molecule has 0 fully saturated rings. The van der Waals surface area contributed by atoms with E-state index in [2.05, 4.69) is 0 Å². The minimum absolute atomic E-state index is 0.128. The van der Waals surface area contributed by atoms with Crippen molar-refractivity contribution in [2.24, 2.45) is 0 Å². The van der Waals surface area contributed by atoms with Gasteiger partial charge in [0.2, 0.25) is 0 Å². The van der Waals surface area contributed by atoms with Crippen LogP contribution in [0.1, 0.15) is 15.9 Å². The molecule has 0 aliphatic carbocycles. The number of aryl methyl sites for hydroxylation is 1. The van der Waals surface area contributed by atoms with Gasteiger partial charge in [-0.05, 0) is 31.2 Å². The number of thiophene rings is 1. The molecule has 1 atom stereocenters. The molecule has 4 heteroatoms. The average Bonchev–Trinajstić information content (AvgIpc) is 2.73. The molecular weight excluding hydrogens is 239 g/mol. The molecule has 0 spiro atoms. The van der Waals surface area contributed by atoms with Crippen molar-refractivity contribution in [2.45, 2.75) is 13.0 Å². The van der Waals surface area contributed by atoms with Crippen molar-refractivity contribution in [2.75, 3.05) is 6.61 Å². The summed E-state index contributed by atoms with van der Waals surface area (Å²) in [5, 5.41) is 9.86. The van der Waals surface area contributed by atoms with Crippen LogP contribution in [0.25, 0.3) is 0 Å². The quantitative estimate of drug-likeness (QED) is 0.904. The first kappa shape index (κ1) is 12.1. The number of hydrogen-bond acceptors (Lipinski definition) is 3. The van der Waals surface area contributed by atoms with E-state index in [1.807, 2.05) is 19.1 Å². The average molecular weight is 252 g/mol. The Labute approximate surface area is 103 Å². The molecule has 17 heavy (non-hydrogen) atoms. The van der Waals surface area contributed by atoms with Crippen molar-refractivity contribution >= 4 is 11.3 Å². The maximum atomic E-state index is 12.9. The molecule has 1 aromatic carbocycles. The molecule has 0 radical (unpaired) electrons. The summed E-state index contributed by atoms with van der Waals surface area (Å²) in [5.74, 6) is 0.0845. The molecule has 1 N–H and O–H groups in total. The van der Waals surface area contributed by atoms with E-state index in [4.69, 9.17) is 4.74 Å². The van der Waals surface area contributed by atoms with Gasteiger partial charge >= 0.3 is 0 Å². The lowest BCUT2D eigenvalue weighted by molar-refractivity contribution is 0.111. The molecule has 1 unspecified atom stereocenters. The number of aliphatic hydroxyl groups is 1. The Morgan fingerprint density at radius 3 is 2.82 bits per heavy atom. The zero-order valence-corrected chi connectivity index (χ0v) is 10.2. The standard InChI is InChI=1S/C13H13FO2S/c1-9-5-6-13(17-9)12(15)8-16-11-4-2-3-10(14)7-11/h2-7,12,15H,8H2,1H3. The number of benzene rings is 1. The van der Waals surface area contributed by atoms with Gasteiger partial charge in [0.25, 0.3) is 0 Å².